The van der Waals surface area contributed by atoms with E-state index in [9.17, 15) is 15.3 Å². The molecule has 0 aromatic heterocycles. The molecule has 0 bridgehead atoms. The first-order chi connectivity index (χ1) is 8.01. The summed E-state index contributed by atoms with van der Waals surface area (Å²) in [6.45, 7) is 1.39. The van der Waals surface area contributed by atoms with Crippen LogP contribution in [-0.2, 0) is 9.47 Å². The molecule has 6 nitrogen and oxygen atoms in total. The lowest BCUT2D eigenvalue weighted by Gasteiger charge is -2.39. The maximum absolute atomic E-state index is 9.63. The Bertz CT molecular complexity index is 262. The quantitative estimate of drug-likeness (QED) is 0.482. The van der Waals surface area contributed by atoms with Crippen LogP contribution in [0.2, 0.25) is 0 Å². The second kappa shape index (κ2) is 6.83. The molecule has 8 heteroatoms. The van der Waals surface area contributed by atoms with Gasteiger partial charge in [0, 0.05) is 0 Å². The maximum atomic E-state index is 9.63. The van der Waals surface area contributed by atoms with Crippen molar-refractivity contribution in [1.29, 1.82) is 0 Å². The Morgan fingerprint density at radius 3 is 2.47 bits per heavy atom. The van der Waals surface area contributed by atoms with Crippen molar-refractivity contribution in [2.24, 2.45) is 0 Å². The predicted octanol–water partition coefficient (Wildman–Crippen LogP) is -1.16. The first kappa shape index (κ1) is 15.1. The van der Waals surface area contributed by atoms with E-state index in [2.05, 4.69) is 0 Å². The van der Waals surface area contributed by atoms with Crippen molar-refractivity contribution in [2.75, 3.05) is 12.4 Å². The molecule has 17 heavy (non-hydrogen) atoms. The van der Waals surface area contributed by atoms with Gasteiger partial charge in [-0.1, -0.05) is 18.7 Å². The van der Waals surface area contributed by atoms with Crippen LogP contribution in [-0.4, -0.2) is 67.9 Å². The van der Waals surface area contributed by atoms with Crippen LogP contribution in [0.5, 0.6) is 0 Å². The topological polar surface area (TPSA) is 99.4 Å². The summed E-state index contributed by atoms with van der Waals surface area (Å²) in [7, 11) is 0. The third-order valence-electron chi connectivity index (χ3n) is 2.32. The van der Waals surface area contributed by atoms with Crippen LogP contribution >= 0.6 is 24.0 Å². The lowest BCUT2D eigenvalue weighted by atomic mass is 9.99. The molecule has 0 unspecified atom stereocenters. The summed E-state index contributed by atoms with van der Waals surface area (Å²) in [6, 6.07) is 0. The minimum absolute atomic E-state index is 0.178. The van der Waals surface area contributed by atoms with Crippen molar-refractivity contribution in [3.63, 3.8) is 0 Å². The first-order valence-electron chi connectivity index (χ1n) is 5.15. The van der Waals surface area contributed by atoms with Crippen molar-refractivity contribution in [2.45, 2.75) is 37.6 Å². The number of ether oxygens (including phenoxy) is 2. The number of thiocarbonyl (C=S) groups is 1. The molecule has 1 fully saturated rings. The summed E-state index contributed by atoms with van der Waals surface area (Å²) < 4.78 is 10.4. The van der Waals surface area contributed by atoms with Crippen LogP contribution < -0.4 is 0 Å². The summed E-state index contributed by atoms with van der Waals surface area (Å²) >= 11 is 6.12. The summed E-state index contributed by atoms with van der Waals surface area (Å²) in [5.74, 6) is 0.705. The van der Waals surface area contributed by atoms with Crippen LogP contribution in [0.4, 0.5) is 0 Å². The van der Waals surface area contributed by atoms with Crippen molar-refractivity contribution in [1.82, 2.24) is 0 Å². The standard InChI is InChI=1S/C9H16O6S2/c1-2-17-9(16)15-8-7(13)6(12)5(11)4(3-10)14-8/h4-8,10-13H,2-3H2,1H3/t4-,5-,6+,7-,8-/m1/s1. The lowest BCUT2D eigenvalue weighted by Crippen LogP contribution is -2.59. The van der Waals surface area contributed by atoms with Gasteiger partial charge in [-0.05, 0) is 18.0 Å². The van der Waals surface area contributed by atoms with Gasteiger partial charge in [-0.15, -0.1) is 0 Å². The fourth-order valence-electron chi connectivity index (χ4n) is 1.41. The van der Waals surface area contributed by atoms with Gasteiger partial charge in [0.05, 0.1) is 6.61 Å². The Balaban J connectivity index is 2.62. The second-order valence-corrected chi connectivity index (χ2v) is 5.36. The fourth-order valence-corrected chi connectivity index (χ4v) is 2.26. The highest BCUT2D eigenvalue weighted by Crippen LogP contribution is 2.23. The Labute approximate surface area is 109 Å². The van der Waals surface area contributed by atoms with Crippen LogP contribution in [0.1, 0.15) is 6.92 Å². The molecule has 1 heterocycles. The van der Waals surface area contributed by atoms with Gasteiger partial charge < -0.3 is 29.9 Å². The highest BCUT2D eigenvalue weighted by atomic mass is 32.2. The number of rotatable bonds is 3. The molecule has 0 spiro atoms. The van der Waals surface area contributed by atoms with Gasteiger partial charge in [0.1, 0.15) is 24.4 Å². The Hall–Kier alpha value is 0.0400. The third-order valence-corrected chi connectivity index (χ3v) is 3.39. The number of thioether (sulfide) groups is 1. The molecule has 0 aromatic carbocycles. The van der Waals surface area contributed by atoms with E-state index in [1.807, 2.05) is 6.92 Å². The molecule has 0 radical (unpaired) electrons. The molecule has 4 N–H and O–H groups in total. The lowest BCUT2D eigenvalue weighted by molar-refractivity contribution is -0.279. The first-order valence-corrected chi connectivity index (χ1v) is 6.54. The number of hydrogen-bond acceptors (Lipinski definition) is 8. The summed E-state index contributed by atoms with van der Waals surface area (Å²) in [5, 5.41) is 37.6. The molecule has 0 aromatic rings. The van der Waals surface area contributed by atoms with Crippen molar-refractivity contribution < 1.29 is 29.9 Å². The van der Waals surface area contributed by atoms with Crippen molar-refractivity contribution in [3.8, 4) is 0 Å². The van der Waals surface area contributed by atoms with E-state index in [0.29, 0.717) is 5.75 Å². The van der Waals surface area contributed by atoms with E-state index in [1.54, 1.807) is 0 Å². The molecule has 1 rings (SSSR count). The molecule has 1 aliphatic heterocycles. The Morgan fingerprint density at radius 1 is 1.29 bits per heavy atom. The fraction of sp³-hybridized carbons (Fsp3) is 0.889. The number of hydrogen-bond donors (Lipinski definition) is 4. The summed E-state index contributed by atoms with van der Waals surface area (Å²) in [5.41, 5.74) is 0. The largest absolute Gasteiger partial charge is 0.446 e. The Kier molecular flexibility index (Phi) is 6.07. The monoisotopic (exact) mass is 284 g/mol. The molecule has 1 saturated heterocycles. The van der Waals surface area contributed by atoms with Gasteiger partial charge in [-0.25, -0.2) is 0 Å². The van der Waals surface area contributed by atoms with Crippen molar-refractivity contribution >= 4 is 28.4 Å². The SMILES string of the molecule is CCSC(=S)O[C@H]1O[C@H](CO)[C@@H](O)[C@H](O)[C@H]1O. The average Bonchev–Trinajstić information content (AvgIpc) is 2.30. The van der Waals surface area contributed by atoms with Crippen LogP contribution in [0.15, 0.2) is 0 Å². The predicted molar refractivity (Wildman–Crippen MR) is 65.6 cm³/mol. The van der Waals surface area contributed by atoms with Gasteiger partial charge in [-0.2, -0.15) is 0 Å². The zero-order valence-electron chi connectivity index (χ0n) is 9.22. The highest BCUT2D eigenvalue weighted by molar-refractivity contribution is 8.22. The second-order valence-electron chi connectivity index (χ2n) is 3.50. The Morgan fingerprint density at radius 2 is 1.94 bits per heavy atom. The van der Waals surface area contributed by atoms with Gasteiger partial charge >= 0.3 is 0 Å². The minimum atomic E-state index is -1.44. The molecular formula is C9H16O6S2. The molecule has 5 atom stereocenters. The van der Waals surface area contributed by atoms with Crippen LogP contribution in [0.25, 0.3) is 0 Å². The van der Waals surface area contributed by atoms with Crippen LogP contribution in [0, 0.1) is 0 Å². The van der Waals surface area contributed by atoms with Gasteiger partial charge in [0.25, 0.3) is 0 Å². The zero-order chi connectivity index (χ0) is 13.0. The van der Waals surface area contributed by atoms with Gasteiger partial charge in [-0.3, -0.25) is 0 Å². The van der Waals surface area contributed by atoms with E-state index in [1.165, 1.54) is 11.8 Å². The molecule has 0 saturated carbocycles. The summed E-state index contributed by atoms with van der Waals surface area (Å²) in [6.07, 6.45) is -6.41. The molecule has 0 amide bonds. The smallest absolute Gasteiger partial charge is 0.230 e. The molecule has 0 aliphatic carbocycles. The third kappa shape index (κ3) is 3.75. The van der Waals surface area contributed by atoms with Gasteiger partial charge in [0.15, 0.2) is 0 Å². The minimum Gasteiger partial charge on any atom is -0.446 e. The number of aliphatic hydroxyl groups excluding tert-OH is 4. The molecule has 1 aliphatic rings. The van der Waals surface area contributed by atoms with Crippen molar-refractivity contribution in [3.05, 3.63) is 0 Å². The maximum Gasteiger partial charge on any atom is 0.230 e. The number of aliphatic hydroxyl groups is 4. The van der Waals surface area contributed by atoms with Crippen LogP contribution in [0.3, 0.4) is 0 Å². The normalized spacial score (nSPS) is 37.8. The molecular weight excluding hydrogens is 268 g/mol. The summed E-state index contributed by atoms with van der Waals surface area (Å²) in [4.78, 5) is 0. The van der Waals surface area contributed by atoms with E-state index in [-0.39, 0.29) is 4.38 Å². The van der Waals surface area contributed by atoms with E-state index < -0.39 is 37.3 Å². The van der Waals surface area contributed by atoms with E-state index in [4.69, 9.17) is 26.8 Å². The zero-order valence-corrected chi connectivity index (χ0v) is 10.9. The van der Waals surface area contributed by atoms with E-state index >= 15 is 0 Å². The molecule has 100 valence electrons. The average molecular weight is 284 g/mol. The van der Waals surface area contributed by atoms with Gasteiger partial charge in [0.2, 0.25) is 10.7 Å². The van der Waals surface area contributed by atoms with E-state index in [0.717, 1.165) is 0 Å². The highest BCUT2D eigenvalue weighted by Gasteiger charge is 2.44.